The lowest BCUT2D eigenvalue weighted by atomic mass is 9.64. The molecule has 8 heteroatoms. The number of methoxy groups -OCH3 is 1. The first-order valence-electron chi connectivity index (χ1n) is 7.12. The third-order valence-corrected chi connectivity index (χ3v) is 4.64. The van der Waals surface area contributed by atoms with E-state index in [0.29, 0.717) is 0 Å². The van der Waals surface area contributed by atoms with E-state index in [1.165, 1.54) is 7.11 Å². The van der Waals surface area contributed by atoms with E-state index in [9.17, 15) is 25.1 Å². The molecule has 0 unspecified atom stereocenters. The summed E-state index contributed by atoms with van der Waals surface area (Å²) in [5.74, 6) is 1.14. The molecule has 7 nitrogen and oxygen atoms in total. The summed E-state index contributed by atoms with van der Waals surface area (Å²) in [5, 5.41) is 31.3. The minimum Gasteiger partial charge on any atom is -0.469 e. The van der Waals surface area contributed by atoms with Crippen LogP contribution in [0.15, 0.2) is 0 Å². The Morgan fingerprint density at radius 3 is 2.45 bits per heavy atom. The van der Waals surface area contributed by atoms with Crippen molar-refractivity contribution in [3.05, 3.63) is 10.1 Å². The maximum atomic E-state index is 12.1. The molecule has 1 fully saturated rings. The molecule has 0 saturated heterocycles. The van der Waals surface area contributed by atoms with Gasteiger partial charge in [-0.3, -0.25) is 14.9 Å². The molecule has 0 bridgehead atoms. The van der Waals surface area contributed by atoms with E-state index < -0.39 is 49.1 Å². The van der Waals surface area contributed by atoms with Crippen molar-refractivity contribution < 1.29 is 24.7 Å². The minimum atomic E-state index is -1.87. The number of ether oxygens (including phenoxy) is 1. The fraction of sp³-hybridized carbons (Fsp3) is 0.786. The Labute approximate surface area is 130 Å². The predicted octanol–water partition coefficient (Wildman–Crippen LogP) is 0.435. The summed E-state index contributed by atoms with van der Waals surface area (Å²) in [5.41, 5.74) is 1.51. The normalized spacial score (nSPS) is 31.8. The first kappa shape index (κ1) is 18.6. The highest BCUT2D eigenvalue weighted by Gasteiger charge is 2.56. The van der Waals surface area contributed by atoms with Crippen LogP contribution in [0.1, 0.15) is 12.8 Å². The SMILES string of the molecule is COC(=O)[C@H]1C[C@H](O)C[C@H](O)[C@@]1(C#C[Si](C)(C)C)C[N+](=O)[O-]. The summed E-state index contributed by atoms with van der Waals surface area (Å²) in [7, 11) is -0.691. The first-order valence-corrected chi connectivity index (χ1v) is 10.6. The maximum Gasteiger partial charge on any atom is 0.310 e. The fourth-order valence-electron chi connectivity index (χ4n) is 2.67. The van der Waals surface area contributed by atoms with Gasteiger partial charge >= 0.3 is 5.97 Å². The molecule has 0 aromatic heterocycles. The van der Waals surface area contributed by atoms with Crippen LogP contribution in [-0.4, -0.2) is 55.0 Å². The molecule has 1 rings (SSSR count). The van der Waals surface area contributed by atoms with Crippen molar-refractivity contribution in [3.63, 3.8) is 0 Å². The van der Waals surface area contributed by atoms with Crippen molar-refractivity contribution in [3.8, 4) is 11.5 Å². The fourth-order valence-corrected chi connectivity index (χ4v) is 3.28. The lowest BCUT2D eigenvalue weighted by molar-refractivity contribution is -0.500. The van der Waals surface area contributed by atoms with Crippen LogP contribution in [0.3, 0.4) is 0 Å². The molecule has 0 aromatic carbocycles. The van der Waals surface area contributed by atoms with Crippen molar-refractivity contribution >= 4 is 14.0 Å². The quantitative estimate of drug-likeness (QED) is 0.255. The number of carbonyl (C=O) groups is 1. The van der Waals surface area contributed by atoms with Gasteiger partial charge < -0.3 is 14.9 Å². The second-order valence-corrected chi connectivity index (χ2v) is 11.5. The van der Waals surface area contributed by atoms with Gasteiger partial charge in [0.1, 0.15) is 13.5 Å². The zero-order chi connectivity index (χ0) is 17.1. The van der Waals surface area contributed by atoms with E-state index in [1.54, 1.807) is 0 Å². The van der Waals surface area contributed by atoms with Gasteiger partial charge in [0.15, 0.2) is 0 Å². The van der Waals surface area contributed by atoms with Crippen LogP contribution in [0.25, 0.3) is 0 Å². The van der Waals surface area contributed by atoms with Crippen LogP contribution in [-0.2, 0) is 9.53 Å². The van der Waals surface area contributed by atoms with Gasteiger partial charge in [-0.05, 0) is 6.42 Å². The van der Waals surface area contributed by atoms with Gasteiger partial charge in [0.05, 0.1) is 25.2 Å². The number of carbonyl (C=O) groups excluding carboxylic acids is 1. The number of rotatable bonds is 3. The van der Waals surface area contributed by atoms with Crippen LogP contribution in [0.4, 0.5) is 0 Å². The van der Waals surface area contributed by atoms with Crippen LogP contribution >= 0.6 is 0 Å². The first-order chi connectivity index (χ1) is 10.0. The second kappa shape index (κ2) is 6.77. The number of aliphatic hydroxyl groups excluding tert-OH is 2. The lowest BCUT2D eigenvalue weighted by Crippen LogP contribution is -2.55. The van der Waals surface area contributed by atoms with E-state index in [1.807, 2.05) is 19.6 Å². The van der Waals surface area contributed by atoms with Gasteiger partial charge in [-0.1, -0.05) is 25.6 Å². The van der Waals surface area contributed by atoms with Crippen molar-refractivity contribution in [2.45, 2.75) is 44.7 Å². The largest absolute Gasteiger partial charge is 0.469 e. The molecule has 1 aliphatic carbocycles. The molecule has 0 aromatic rings. The van der Waals surface area contributed by atoms with Crippen LogP contribution in [0.5, 0.6) is 0 Å². The van der Waals surface area contributed by atoms with Gasteiger partial charge in [0.2, 0.25) is 6.54 Å². The molecule has 0 spiro atoms. The van der Waals surface area contributed by atoms with Crippen LogP contribution in [0, 0.1) is 32.9 Å². The van der Waals surface area contributed by atoms with E-state index in [4.69, 9.17) is 4.74 Å². The van der Waals surface area contributed by atoms with Crippen molar-refractivity contribution in [1.82, 2.24) is 0 Å². The molecule has 2 N–H and O–H groups in total. The number of hydrogen-bond acceptors (Lipinski definition) is 6. The third-order valence-electron chi connectivity index (χ3n) is 3.77. The van der Waals surface area contributed by atoms with Crippen LogP contribution < -0.4 is 0 Å². The van der Waals surface area contributed by atoms with Crippen molar-refractivity contribution in [2.75, 3.05) is 13.7 Å². The Morgan fingerprint density at radius 1 is 1.41 bits per heavy atom. The maximum absolute atomic E-state index is 12.1. The van der Waals surface area contributed by atoms with Crippen molar-refractivity contribution in [2.24, 2.45) is 11.3 Å². The summed E-state index contributed by atoms with van der Waals surface area (Å²) < 4.78 is 4.71. The molecular weight excluding hydrogens is 306 g/mol. The average molecular weight is 329 g/mol. The zero-order valence-corrected chi connectivity index (χ0v) is 14.3. The Hall–Kier alpha value is -1.43. The smallest absolute Gasteiger partial charge is 0.310 e. The predicted molar refractivity (Wildman–Crippen MR) is 82.2 cm³/mol. The summed E-state index contributed by atoms with van der Waals surface area (Å²) >= 11 is 0. The third kappa shape index (κ3) is 4.29. The zero-order valence-electron chi connectivity index (χ0n) is 13.3. The summed E-state index contributed by atoms with van der Waals surface area (Å²) in [4.78, 5) is 22.6. The molecule has 0 radical (unpaired) electrons. The van der Waals surface area contributed by atoms with Gasteiger partial charge in [-0.25, -0.2) is 0 Å². The number of hydrogen-bond donors (Lipinski definition) is 2. The van der Waals surface area contributed by atoms with E-state index in [0.717, 1.165) is 0 Å². The molecule has 4 atom stereocenters. The molecule has 22 heavy (non-hydrogen) atoms. The topological polar surface area (TPSA) is 110 Å². The molecule has 1 aliphatic rings. The monoisotopic (exact) mass is 329 g/mol. The minimum absolute atomic E-state index is 0.00203. The molecule has 0 amide bonds. The number of nitro groups is 1. The number of esters is 1. The van der Waals surface area contributed by atoms with E-state index >= 15 is 0 Å². The molecule has 124 valence electrons. The second-order valence-electron chi connectivity index (χ2n) is 6.75. The number of nitrogens with zero attached hydrogens (tertiary/aromatic N) is 1. The Kier molecular flexibility index (Phi) is 5.73. The molecule has 0 aliphatic heterocycles. The lowest BCUT2D eigenvalue weighted by Gasteiger charge is -2.41. The standard InChI is InChI=1S/C14H23NO6Si/c1-21-13(18)11-7-10(16)8-12(17)14(11,9-15(19)20)5-6-22(2,3)4/h10-12,16-17H,7-9H2,1-4H3/t10-,11+,12-,14-/m0/s1. The Balaban J connectivity index is 3.40. The average Bonchev–Trinajstić information content (AvgIpc) is 2.37. The van der Waals surface area contributed by atoms with Gasteiger partial charge in [0, 0.05) is 11.3 Å². The molecule has 0 heterocycles. The van der Waals surface area contributed by atoms with Gasteiger partial charge in [-0.15, -0.1) is 5.54 Å². The Bertz CT molecular complexity index is 506. The Morgan fingerprint density at radius 2 is 2.00 bits per heavy atom. The van der Waals surface area contributed by atoms with E-state index in [2.05, 4.69) is 11.5 Å². The number of aliphatic hydroxyl groups is 2. The highest BCUT2D eigenvalue weighted by Crippen LogP contribution is 2.42. The van der Waals surface area contributed by atoms with Gasteiger partial charge in [-0.2, -0.15) is 0 Å². The summed E-state index contributed by atoms with van der Waals surface area (Å²) in [6.45, 7) is 5.25. The van der Waals surface area contributed by atoms with E-state index in [-0.39, 0.29) is 12.8 Å². The van der Waals surface area contributed by atoms with Crippen LogP contribution in [0.2, 0.25) is 19.6 Å². The summed E-state index contributed by atoms with van der Waals surface area (Å²) in [6.07, 6.45) is -2.21. The highest BCUT2D eigenvalue weighted by molar-refractivity contribution is 6.83. The molecule has 1 saturated carbocycles. The molecular formula is C14H23NO6Si. The highest BCUT2D eigenvalue weighted by atomic mass is 28.3. The van der Waals surface area contributed by atoms with Gasteiger partial charge in [0.25, 0.3) is 0 Å². The van der Waals surface area contributed by atoms with Crippen molar-refractivity contribution in [1.29, 1.82) is 0 Å². The summed E-state index contributed by atoms with van der Waals surface area (Å²) in [6, 6.07) is 0.